The molecular weight excluding hydrogens is 1030 g/mol. The third kappa shape index (κ3) is 19.1. The number of hydrogen-bond acceptors (Lipinski definition) is 18. The van der Waals surface area contributed by atoms with Crippen molar-refractivity contribution in [2.75, 3.05) is 57.0 Å². The number of rotatable bonds is 14. The molecule has 1 saturated carbocycles. The van der Waals surface area contributed by atoms with Gasteiger partial charge in [-0.2, -0.15) is 0 Å². The number of esters is 1. The molecule has 1 aliphatic carbocycles. The van der Waals surface area contributed by atoms with E-state index >= 15 is 0 Å². The number of aliphatic hydroxyl groups excluding tert-OH is 3. The number of cyclic esters (lactones) is 1. The van der Waals surface area contributed by atoms with Gasteiger partial charge in [0.1, 0.15) is 30.1 Å². The third-order valence-electron chi connectivity index (χ3n) is 15.6. The maximum Gasteiger partial charge on any atom is 0.329 e. The van der Waals surface area contributed by atoms with Gasteiger partial charge in [0, 0.05) is 51.4 Å². The molecule has 4 rings (SSSR count). The summed E-state index contributed by atoms with van der Waals surface area (Å²) in [5, 5.41) is 43.1. The first-order valence-corrected chi connectivity index (χ1v) is 30.7. The number of amides is 1. The highest BCUT2D eigenvalue weighted by atomic mass is 32.2. The Morgan fingerprint density at radius 1 is 0.789 bits per heavy atom. The number of Topliss-reactive ketones (excluding diaryl/α,β-unsaturated/α-hetero) is 3. The quantitative estimate of drug-likeness (QED) is 0.108. The number of ether oxygens (including phenoxy) is 5. The Hall–Kier alpha value is -3.51. The van der Waals surface area contributed by atoms with Crippen LogP contribution in [-0.4, -0.2) is 183 Å². The molecule has 3 fully saturated rings. The fraction of sp³-hybridized carbons (Fsp3) is 0.764. The van der Waals surface area contributed by atoms with Crippen molar-refractivity contribution in [3.8, 4) is 0 Å². The summed E-state index contributed by atoms with van der Waals surface area (Å²) >= 11 is 0. The number of sulfone groups is 2. The van der Waals surface area contributed by atoms with Crippen LogP contribution in [0.1, 0.15) is 125 Å². The molecule has 76 heavy (non-hydrogen) atoms. The second-order valence-corrected chi connectivity index (χ2v) is 26.3. The molecule has 0 spiro atoms. The first kappa shape index (κ1) is 65.0. The van der Waals surface area contributed by atoms with Crippen molar-refractivity contribution in [2.45, 2.75) is 180 Å². The van der Waals surface area contributed by atoms with Crippen LogP contribution in [0.25, 0.3) is 0 Å². The molecule has 432 valence electrons. The lowest BCUT2D eigenvalue weighted by Gasteiger charge is -2.42. The average molecular weight is 1110 g/mol. The summed E-state index contributed by atoms with van der Waals surface area (Å²) in [6.07, 6.45) is 8.59. The maximum absolute atomic E-state index is 14.4. The fourth-order valence-electron chi connectivity index (χ4n) is 10.6. The molecule has 0 radical (unpaired) electrons. The lowest BCUT2D eigenvalue weighted by Crippen LogP contribution is -2.60. The molecular formula is C55H87NO18S2. The summed E-state index contributed by atoms with van der Waals surface area (Å²) < 4.78 is 79.8. The standard InChI is InChI=1S/C55H87NO18S2/c1-35-14-10-9-11-15-36(2)47(72-25-27-76(68,69)29-28-75(66,67)26-24-57)34-43-20-17-40(6)55(65,74-43)52(62)53(63)56-23-13-12-16-44(56)54(64)73-42(21-18-41-19-22-45(58)48(32-41)70-7)33-46(59)37(3)31-39(5)50(61)51(71-8)49(60)38(4)30-35/h9-11,14-15,31,35,37-38,40-45,47-48,50-51,57-58,61,65H,12-13,16-30,32-34H2,1-8H3/b11-9+,14-10+,36-15+,39-31+/t35-,37-,38-,40-,41-,42-,43+,44+,45-,47+,48-,50-,51+,55-/m1/s1. The molecule has 1 amide bonds. The van der Waals surface area contributed by atoms with E-state index in [-0.39, 0.29) is 74.8 Å². The van der Waals surface area contributed by atoms with Crippen LogP contribution in [-0.2, 0) is 67.3 Å². The molecule has 2 bridgehead atoms. The zero-order chi connectivity index (χ0) is 56.5. The molecule has 14 atom stereocenters. The van der Waals surface area contributed by atoms with Gasteiger partial charge in [-0.1, -0.05) is 64.2 Å². The molecule has 0 aromatic rings. The number of piperidine rings is 1. The van der Waals surface area contributed by atoms with E-state index in [9.17, 15) is 56.1 Å². The molecule has 21 heteroatoms. The Morgan fingerprint density at radius 2 is 1.49 bits per heavy atom. The number of aliphatic hydroxyl groups is 4. The molecule has 2 saturated heterocycles. The summed E-state index contributed by atoms with van der Waals surface area (Å²) in [5.74, 6) is -11.1. The number of carbonyl (C=O) groups excluding carboxylic acids is 5. The van der Waals surface area contributed by atoms with Crippen molar-refractivity contribution in [3.05, 3.63) is 47.6 Å². The smallest absolute Gasteiger partial charge is 0.329 e. The topological polar surface area (TPSA) is 284 Å². The maximum atomic E-state index is 14.4. The lowest BCUT2D eigenvalue weighted by molar-refractivity contribution is -0.266. The van der Waals surface area contributed by atoms with Gasteiger partial charge in [-0.15, -0.1) is 0 Å². The van der Waals surface area contributed by atoms with Crippen molar-refractivity contribution in [2.24, 2.45) is 29.6 Å². The average Bonchev–Trinajstić information content (AvgIpc) is 3.37. The summed E-state index contributed by atoms with van der Waals surface area (Å²) in [4.78, 5) is 72.1. The van der Waals surface area contributed by atoms with Crippen LogP contribution in [0, 0.1) is 29.6 Å². The van der Waals surface area contributed by atoms with Crippen molar-refractivity contribution in [3.63, 3.8) is 0 Å². The first-order valence-electron chi connectivity index (χ1n) is 27.0. The van der Waals surface area contributed by atoms with Gasteiger partial charge in [-0.25, -0.2) is 21.6 Å². The third-order valence-corrected chi connectivity index (χ3v) is 19.1. The van der Waals surface area contributed by atoms with Crippen LogP contribution < -0.4 is 0 Å². The van der Waals surface area contributed by atoms with Crippen LogP contribution >= 0.6 is 0 Å². The zero-order valence-corrected chi connectivity index (χ0v) is 47.5. The Kier molecular flexibility index (Phi) is 25.8. The highest BCUT2D eigenvalue weighted by molar-refractivity contribution is 7.95. The Balaban J connectivity index is 1.70. The molecule has 19 nitrogen and oxygen atoms in total. The number of allylic oxidation sites excluding steroid dienone is 6. The predicted octanol–water partition coefficient (Wildman–Crippen LogP) is 4.13. The first-order chi connectivity index (χ1) is 35.8. The van der Waals surface area contributed by atoms with E-state index in [4.69, 9.17) is 28.8 Å². The second kappa shape index (κ2) is 30.2. The minimum Gasteiger partial charge on any atom is -0.460 e. The Labute approximate surface area is 450 Å². The van der Waals surface area contributed by atoms with Gasteiger partial charge in [-0.05, 0) is 107 Å². The van der Waals surface area contributed by atoms with Gasteiger partial charge in [0.2, 0.25) is 5.79 Å². The van der Waals surface area contributed by atoms with Gasteiger partial charge in [-0.3, -0.25) is 19.2 Å². The van der Waals surface area contributed by atoms with Gasteiger partial charge in [0.25, 0.3) is 11.7 Å². The number of hydrogen-bond donors (Lipinski definition) is 4. The highest BCUT2D eigenvalue weighted by Crippen LogP contribution is 2.37. The normalized spacial score (nSPS) is 36.3. The van der Waals surface area contributed by atoms with E-state index in [1.54, 1.807) is 65.0 Å². The van der Waals surface area contributed by atoms with E-state index in [0.29, 0.717) is 62.5 Å². The van der Waals surface area contributed by atoms with Crippen LogP contribution in [0.2, 0.25) is 0 Å². The summed E-state index contributed by atoms with van der Waals surface area (Å²) in [7, 11) is -4.86. The van der Waals surface area contributed by atoms with Crippen LogP contribution in [0.5, 0.6) is 0 Å². The summed E-state index contributed by atoms with van der Waals surface area (Å²) in [6, 6.07) is -1.23. The van der Waals surface area contributed by atoms with E-state index in [2.05, 4.69) is 0 Å². The minimum atomic E-state index is -3.93. The molecule has 0 aromatic heterocycles. The van der Waals surface area contributed by atoms with Crippen molar-refractivity contribution < 1.29 is 84.9 Å². The molecule has 3 aliphatic heterocycles. The second-order valence-electron chi connectivity index (χ2n) is 21.7. The van der Waals surface area contributed by atoms with E-state index < -0.39 is 133 Å². The van der Waals surface area contributed by atoms with Crippen molar-refractivity contribution >= 4 is 48.9 Å². The Bertz CT molecular complexity index is 2310. The molecule has 0 aromatic carbocycles. The Morgan fingerprint density at radius 3 is 2.16 bits per heavy atom. The predicted molar refractivity (Wildman–Crippen MR) is 284 cm³/mol. The van der Waals surface area contributed by atoms with Crippen LogP contribution in [0.3, 0.4) is 0 Å². The van der Waals surface area contributed by atoms with Crippen molar-refractivity contribution in [1.29, 1.82) is 0 Å². The monoisotopic (exact) mass is 1110 g/mol. The summed E-state index contributed by atoms with van der Waals surface area (Å²) in [5.41, 5.74) is 0.940. The summed E-state index contributed by atoms with van der Waals surface area (Å²) in [6.45, 7) is 9.27. The number of ketones is 3. The van der Waals surface area contributed by atoms with E-state index in [0.717, 1.165) is 4.90 Å². The van der Waals surface area contributed by atoms with Crippen LogP contribution in [0.4, 0.5) is 0 Å². The molecule has 3 heterocycles. The van der Waals surface area contributed by atoms with Gasteiger partial charge in [0.05, 0.1) is 60.6 Å². The van der Waals surface area contributed by atoms with E-state index in [1.165, 1.54) is 14.2 Å². The number of methoxy groups -OCH3 is 2. The number of nitrogens with zero attached hydrogens (tertiary/aromatic N) is 1. The zero-order valence-electron chi connectivity index (χ0n) is 45.9. The van der Waals surface area contributed by atoms with Gasteiger partial charge < -0.3 is 49.0 Å². The number of carbonyl (C=O) groups is 5. The molecule has 0 unspecified atom stereocenters. The van der Waals surface area contributed by atoms with Crippen molar-refractivity contribution in [1.82, 2.24) is 4.90 Å². The molecule has 4 aliphatic rings. The SMILES string of the molecule is CO[C@@H]1C[C@H](CC[C@@H]2CC(=O)[C@H](C)/C=C(\C)[C@@H](O)[C@@H](OC)C(=O)[C@H](C)C[C@H](C)/C=C/C=C/C=C(\C)[C@@H](OCCS(=O)(=O)CCS(=O)(=O)CCO)C[C@@H]3CC[C@@H](C)[C@@](O)(O3)C(=O)C(=O)N3CCCC[C@H]3C(=O)O2)CC[C@H]1O. The lowest BCUT2D eigenvalue weighted by atomic mass is 9.81. The number of fused-ring (bicyclic) bond motifs is 3. The fourth-order valence-corrected chi connectivity index (χ4v) is 13.7. The van der Waals surface area contributed by atoms with Gasteiger partial charge >= 0.3 is 5.97 Å². The minimum absolute atomic E-state index is 0.00436. The van der Waals surface area contributed by atoms with Gasteiger partial charge in [0.15, 0.2) is 25.5 Å². The van der Waals surface area contributed by atoms with E-state index in [1.807, 2.05) is 13.0 Å². The van der Waals surface area contributed by atoms with Crippen LogP contribution in [0.15, 0.2) is 47.6 Å². The highest BCUT2D eigenvalue weighted by Gasteiger charge is 2.53. The molecule has 4 N–H and O–H groups in total. The largest absolute Gasteiger partial charge is 0.460 e.